The summed E-state index contributed by atoms with van der Waals surface area (Å²) in [6, 6.07) is 8.63. The van der Waals surface area contributed by atoms with Crippen LogP contribution in [-0.4, -0.2) is 25.0 Å². The Morgan fingerprint density at radius 1 is 1.29 bits per heavy atom. The summed E-state index contributed by atoms with van der Waals surface area (Å²) in [4.78, 5) is 12.6. The van der Waals surface area contributed by atoms with Crippen molar-refractivity contribution in [3.05, 3.63) is 34.9 Å². The van der Waals surface area contributed by atoms with Crippen LogP contribution in [0.3, 0.4) is 0 Å². The zero-order chi connectivity index (χ0) is 16.3. The second kappa shape index (κ2) is 8.55. The minimum Gasteiger partial charge on any atom is -0.355 e. The van der Waals surface area contributed by atoms with Crippen molar-refractivity contribution in [3.63, 3.8) is 0 Å². The van der Waals surface area contributed by atoms with Gasteiger partial charge in [0.15, 0.2) is 0 Å². The van der Waals surface area contributed by atoms with E-state index in [0.717, 1.165) is 43.8 Å². The summed E-state index contributed by atoms with van der Waals surface area (Å²) < 4.78 is 0. The number of amides is 1. The molecule has 0 bridgehead atoms. The fraction of sp³-hybridized carbons (Fsp3) is 0.632. The van der Waals surface area contributed by atoms with E-state index < -0.39 is 0 Å². The van der Waals surface area contributed by atoms with Crippen molar-refractivity contribution >= 4 is 29.9 Å². The van der Waals surface area contributed by atoms with Gasteiger partial charge >= 0.3 is 0 Å². The van der Waals surface area contributed by atoms with Crippen LogP contribution in [0.15, 0.2) is 24.3 Å². The summed E-state index contributed by atoms with van der Waals surface area (Å²) in [6.45, 7) is 3.86. The van der Waals surface area contributed by atoms with Gasteiger partial charge in [-0.15, -0.1) is 12.4 Å². The number of piperidine rings is 1. The number of benzene rings is 1. The van der Waals surface area contributed by atoms with E-state index in [-0.39, 0.29) is 29.6 Å². The second-order valence-corrected chi connectivity index (χ2v) is 7.73. The van der Waals surface area contributed by atoms with Crippen LogP contribution in [0, 0.1) is 5.92 Å². The Balaban J connectivity index is 0.00000208. The fourth-order valence-electron chi connectivity index (χ4n) is 4.19. The Labute approximate surface area is 156 Å². The summed E-state index contributed by atoms with van der Waals surface area (Å²) in [5, 5.41) is 7.45. The van der Waals surface area contributed by atoms with Crippen molar-refractivity contribution in [2.75, 3.05) is 13.1 Å². The van der Waals surface area contributed by atoms with E-state index in [1.807, 2.05) is 12.1 Å². The van der Waals surface area contributed by atoms with Crippen LogP contribution >= 0.6 is 24.0 Å². The molecule has 0 aromatic heterocycles. The SMILES string of the molecule is C[C@H]1C[C@@H](C(=O)NCC2(c3ccc(Cl)cc3)CCCC2)CCN1.Cl. The first-order chi connectivity index (χ1) is 11.1. The summed E-state index contributed by atoms with van der Waals surface area (Å²) in [5.74, 6) is 0.397. The van der Waals surface area contributed by atoms with Crippen LogP contribution in [-0.2, 0) is 10.2 Å². The Morgan fingerprint density at radius 3 is 2.58 bits per heavy atom. The largest absolute Gasteiger partial charge is 0.355 e. The molecule has 1 aliphatic carbocycles. The Morgan fingerprint density at radius 2 is 1.96 bits per heavy atom. The summed E-state index contributed by atoms with van der Waals surface area (Å²) >= 11 is 6.03. The highest BCUT2D eigenvalue weighted by Crippen LogP contribution is 2.41. The predicted molar refractivity (Wildman–Crippen MR) is 102 cm³/mol. The van der Waals surface area contributed by atoms with Crippen molar-refractivity contribution in [1.82, 2.24) is 10.6 Å². The van der Waals surface area contributed by atoms with Crippen molar-refractivity contribution in [1.29, 1.82) is 0 Å². The van der Waals surface area contributed by atoms with Crippen LogP contribution in [0.2, 0.25) is 5.02 Å². The maximum Gasteiger partial charge on any atom is 0.223 e. The van der Waals surface area contributed by atoms with Crippen LogP contribution < -0.4 is 10.6 Å². The van der Waals surface area contributed by atoms with E-state index in [4.69, 9.17) is 11.6 Å². The first kappa shape index (κ1) is 19.6. The van der Waals surface area contributed by atoms with Gasteiger partial charge in [-0.05, 0) is 56.8 Å². The molecule has 5 heteroatoms. The third kappa shape index (κ3) is 4.44. The number of carbonyl (C=O) groups excluding carboxylic acids is 1. The molecule has 1 amide bonds. The summed E-state index contributed by atoms with van der Waals surface area (Å²) in [6.07, 6.45) is 6.67. The van der Waals surface area contributed by atoms with Gasteiger partial charge in [0, 0.05) is 28.9 Å². The van der Waals surface area contributed by atoms with Crippen LogP contribution in [0.25, 0.3) is 0 Å². The Hall–Kier alpha value is -0.770. The van der Waals surface area contributed by atoms with E-state index in [1.165, 1.54) is 18.4 Å². The van der Waals surface area contributed by atoms with E-state index in [0.29, 0.717) is 6.04 Å². The van der Waals surface area contributed by atoms with Gasteiger partial charge in [0.25, 0.3) is 0 Å². The average Bonchev–Trinajstić information content (AvgIpc) is 3.03. The molecule has 0 radical (unpaired) electrons. The lowest BCUT2D eigenvalue weighted by Crippen LogP contribution is -2.45. The molecule has 1 saturated heterocycles. The molecule has 24 heavy (non-hydrogen) atoms. The molecule has 2 N–H and O–H groups in total. The van der Waals surface area contributed by atoms with E-state index >= 15 is 0 Å². The van der Waals surface area contributed by atoms with E-state index in [9.17, 15) is 4.79 Å². The number of rotatable bonds is 4. The van der Waals surface area contributed by atoms with Crippen LogP contribution in [0.4, 0.5) is 0 Å². The molecule has 2 aliphatic rings. The summed E-state index contributed by atoms with van der Waals surface area (Å²) in [7, 11) is 0. The highest BCUT2D eigenvalue weighted by Gasteiger charge is 2.36. The van der Waals surface area contributed by atoms with Gasteiger partial charge < -0.3 is 10.6 Å². The van der Waals surface area contributed by atoms with Gasteiger partial charge in [0.1, 0.15) is 0 Å². The molecule has 134 valence electrons. The number of halogens is 2. The first-order valence-electron chi connectivity index (χ1n) is 8.86. The highest BCUT2D eigenvalue weighted by atomic mass is 35.5. The highest BCUT2D eigenvalue weighted by molar-refractivity contribution is 6.30. The van der Waals surface area contributed by atoms with Crippen LogP contribution in [0.5, 0.6) is 0 Å². The number of hydrogen-bond donors (Lipinski definition) is 2. The van der Waals surface area contributed by atoms with E-state index in [1.54, 1.807) is 0 Å². The van der Waals surface area contributed by atoms with Gasteiger partial charge in [-0.1, -0.05) is 36.6 Å². The molecule has 1 aliphatic heterocycles. The predicted octanol–water partition coefficient (Wildman–Crippen LogP) is 4.08. The molecule has 2 atom stereocenters. The molecule has 1 heterocycles. The molecule has 1 aromatic carbocycles. The molecule has 3 rings (SSSR count). The summed E-state index contributed by atoms with van der Waals surface area (Å²) in [5.41, 5.74) is 1.41. The third-order valence-electron chi connectivity index (χ3n) is 5.61. The van der Waals surface area contributed by atoms with Gasteiger partial charge in [-0.3, -0.25) is 4.79 Å². The van der Waals surface area contributed by atoms with Crippen molar-refractivity contribution in [2.24, 2.45) is 5.92 Å². The standard InChI is InChI=1S/C19H27ClN2O.ClH/c1-14-12-15(8-11-21-14)18(23)22-13-19(9-2-3-10-19)16-4-6-17(20)7-5-16;/h4-7,14-15,21H,2-3,8-13H2,1H3,(H,22,23);1H/t14-,15-;/m0./s1. The minimum atomic E-state index is 0. The van der Waals surface area contributed by atoms with Crippen molar-refractivity contribution in [2.45, 2.75) is 56.9 Å². The Kier molecular flexibility index (Phi) is 6.97. The van der Waals surface area contributed by atoms with Gasteiger partial charge in [0.2, 0.25) is 5.91 Å². The third-order valence-corrected chi connectivity index (χ3v) is 5.86. The second-order valence-electron chi connectivity index (χ2n) is 7.29. The number of carbonyl (C=O) groups is 1. The molecule has 3 nitrogen and oxygen atoms in total. The molecular formula is C19H28Cl2N2O. The van der Waals surface area contributed by atoms with Gasteiger partial charge in [-0.2, -0.15) is 0 Å². The zero-order valence-corrected chi connectivity index (χ0v) is 15.9. The van der Waals surface area contributed by atoms with E-state index in [2.05, 4.69) is 29.7 Å². The van der Waals surface area contributed by atoms with Crippen molar-refractivity contribution < 1.29 is 4.79 Å². The smallest absolute Gasteiger partial charge is 0.223 e. The molecule has 2 fully saturated rings. The van der Waals surface area contributed by atoms with Gasteiger partial charge in [0.05, 0.1) is 0 Å². The van der Waals surface area contributed by atoms with Crippen molar-refractivity contribution in [3.8, 4) is 0 Å². The minimum absolute atomic E-state index is 0. The maximum atomic E-state index is 12.6. The monoisotopic (exact) mass is 370 g/mol. The maximum absolute atomic E-state index is 12.6. The molecular weight excluding hydrogens is 343 g/mol. The van der Waals surface area contributed by atoms with Gasteiger partial charge in [-0.25, -0.2) is 0 Å². The fourth-order valence-corrected chi connectivity index (χ4v) is 4.32. The topological polar surface area (TPSA) is 41.1 Å². The normalized spacial score (nSPS) is 25.8. The lowest BCUT2D eigenvalue weighted by atomic mass is 9.78. The lowest BCUT2D eigenvalue weighted by molar-refractivity contribution is -0.126. The number of hydrogen-bond acceptors (Lipinski definition) is 2. The molecule has 0 unspecified atom stereocenters. The molecule has 1 aromatic rings. The van der Waals surface area contributed by atoms with Crippen LogP contribution in [0.1, 0.15) is 51.0 Å². The zero-order valence-electron chi connectivity index (χ0n) is 14.3. The quantitative estimate of drug-likeness (QED) is 0.838. The first-order valence-corrected chi connectivity index (χ1v) is 9.24. The number of nitrogens with one attached hydrogen (secondary N) is 2. The average molecular weight is 371 g/mol. The lowest BCUT2D eigenvalue weighted by Gasteiger charge is -2.32. The molecule has 0 spiro atoms. The molecule has 1 saturated carbocycles. The Bertz CT molecular complexity index is 541.